The van der Waals surface area contributed by atoms with Gasteiger partial charge in [0.2, 0.25) is 5.91 Å². The molecule has 3 nitrogen and oxygen atoms in total. The molecule has 0 aromatic carbocycles. The molecule has 0 unspecified atom stereocenters. The van der Waals surface area contributed by atoms with Crippen LogP contribution in [0.5, 0.6) is 0 Å². The highest BCUT2D eigenvalue weighted by atomic mass is 16.3. The van der Waals surface area contributed by atoms with Crippen LogP contribution >= 0.6 is 0 Å². The van der Waals surface area contributed by atoms with Crippen LogP contribution in [0.2, 0.25) is 0 Å². The normalized spacial score (nSPS) is 11.3. The number of aliphatic hydroxyl groups excluding tert-OH is 1. The molecule has 0 radical (unpaired) electrons. The van der Waals surface area contributed by atoms with Gasteiger partial charge in [-0.2, -0.15) is 0 Å². The summed E-state index contributed by atoms with van der Waals surface area (Å²) in [6.45, 7) is 1.79. The van der Waals surface area contributed by atoms with E-state index >= 15 is 0 Å². The highest BCUT2D eigenvalue weighted by molar-refractivity contribution is 5.87. The molecule has 0 spiro atoms. The van der Waals surface area contributed by atoms with Gasteiger partial charge in [-0.3, -0.25) is 4.79 Å². The van der Waals surface area contributed by atoms with E-state index in [-0.39, 0.29) is 11.7 Å². The van der Waals surface area contributed by atoms with Crippen molar-refractivity contribution in [3.63, 3.8) is 0 Å². The second-order valence-corrected chi connectivity index (χ2v) is 2.22. The fourth-order valence-corrected chi connectivity index (χ4v) is 0.374. The Morgan fingerprint density at radius 3 is 2.40 bits per heavy atom. The zero-order valence-corrected chi connectivity index (χ0v) is 6.59. The van der Waals surface area contributed by atoms with Crippen LogP contribution in [0.1, 0.15) is 13.3 Å². The van der Waals surface area contributed by atoms with E-state index in [0.717, 1.165) is 0 Å². The minimum absolute atomic E-state index is 0.124. The van der Waals surface area contributed by atoms with Crippen molar-refractivity contribution in [2.24, 2.45) is 0 Å². The molecule has 0 aliphatic heterocycles. The maximum atomic E-state index is 10.8. The Morgan fingerprint density at radius 1 is 1.60 bits per heavy atom. The molecular formula is C7H13NO2. The maximum absolute atomic E-state index is 10.8. The van der Waals surface area contributed by atoms with E-state index in [4.69, 9.17) is 5.11 Å². The zero-order valence-electron chi connectivity index (χ0n) is 6.59. The van der Waals surface area contributed by atoms with Crippen molar-refractivity contribution in [3.05, 3.63) is 11.8 Å². The molecule has 0 aliphatic carbocycles. The van der Waals surface area contributed by atoms with Gasteiger partial charge in [-0.15, -0.1) is 0 Å². The number of likely N-dealkylation sites (N-methyl/N-ethyl adjacent to an activating group) is 1. The van der Waals surface area contributed by atoms with E-state index in [1.807, 2.05) is 0 Å². The van der Waals surface area contributed by atoms with Crippen LogP contribution in [-0.2, 0) is 4.79 Å². The third kappa shape index (κ3) is 3.12. The summed E-state index contributed by atoms with van der Waals surface area (Å²) in [4.78, 5) is 12.2. The summed E-state index contributed by atoms with van der Waals surface area (Å²) in [5.74, 6) is -0.0574. The number of hydrogen-bond donors (Lipinski definition) is 1. The highest BCUT2D eigenvalue weighted by Crippen LogP contribution is 1.94. The van der Waals surface area contributed by atoms with Crippen molar-refractivity contribution >= 4 is 5.91 Å². The molecule has 0 rings (SSSR count). The summed E-state index contributed by atoms with van der Waals surface area (Å²) in [6, 6.07) is 0. The molecule has 1 N–H and O–H groups in total. The number of rotatable bonds is 2. The first-order valence-electron chi connectivity index (χ1n) is 3.18. The summed E-state index contributed by atoms with van der Waals surface area (Å²) >= 11 is 0. The average Bonchev–Trinajstić information content (AvgIpc) is 1.87. The number of amides is 1. The summed E-state index contributed by atoms with van der Waals surface area (Å²) in [5.41, 5.74) is 0. The van der Waals surface area contributed by atoms with Crippen molar-refractivity contribution < 1.29 is 9.90 Å². The van der Waals surface area contributed by atoms with Gasteiger partial charge in [0.25, 0.3) is 0 Å². The smallest absolute Gasteiger partial charge is 0.249 e. The van der Waals surface area contributed by atoms with Gasteiger partial charge in [0, 0.05) is 26.6 Å². The monoisotopic (exact) mass is 143 g/mol. The van der Waals surface area contributed by atoms with Gasteiger partial charge >= 0.3 is 0 Å². The number of nitrogens with zero attached hydrogens (tertiary/aromatic N) is 1. The molecule has 1 amide bonds. The Morgan fingerprint density at radius 2 is 2.10 bits per heavy atom. The average molecular weight is 143 g/mol. The van der Waals surface area contributed by atoms with Crippen molar-refractivity contribution in [1.82, 2.24) is 4.90 Å². The lowest BCUT2D eigenvalue weighted by atomic mass is 10.3. The molecule has 0 saturated carbocycles. The van der Waals surface area contributed by atoms with Crippen LogP contribution in [-0.4, -0.2) is 30.0 Å². The van der Waals surface area contributed by atoms with E-state index < -0.39 is 0 Å². The molecule has 0 fully saturated rings. The third-order valence-corrected chi connectivity index (χ3v) is 1.09. The second-order valence-electron chi connectivity index (χ2n) is 2.22. The fraction of sp³-hybridized carbons (Fsp3) is 0.571. The molecule has 0 atom stereocenters. The minimum Gasteiger partial charge on any atom is -0.512 e. The van der Waals surface area contributed by atoms with E-state index in [0.29, 0.717) is 6.42 Å². The van der Waals surface area contributed by atoms with Crippen LogP contribution in [0.15, 0.2) is 11.8 Å². The van der Waals surface area contributed by atoms with Crippen LogP contribution in [0.3, 0.4) is 0 Å². The topological polar surface area (TPSA) is 40.5 Å². The van der Waals surface area contributed by atoms with Crippen LogP contribution < -0.4 is 0 Å². The summed E-state index contributed by atoms with van der Waals surface area (Å²) in [7, 11) is 3.28. The minimum atomic E-state index is -0.181. The van der Waals surface area contributed by atoms with Gasteiger partial charge in [-0.25, -0.2) is 0 Å². The number of aliphatic hydroxyl groups is 1. The molecule has 0 saturated heterocycles. The molecular weight excluding hydrogens is 130 g/mol. The largest absolute Gasteiger partial charge is 0.512 e. The molecule has 0 aliphatic rings. The van der Waals surface area contributed by atoms with Gasteiger partial charge in [0.05, 0.1) is 5.76 Å². The fourth-order valence-electron chi connectivity index (χ4n) is 0.374. The predicted octanol–water partition coefficient (Wildman–Crippen LogP) is 0.927. The predicted molar refractivity (Wildman–Crippen MR) is 39.7 cm³/mol. The van der Waals surface area contributed by atoms with E-state index in [1.165, 1.54) is 11.0 Å². The van der Waals surface area contributed by atoms with Crippen molar-refractivity contribution in [3.8, 4) is 0 Å². The zero-order chi connectivity index (χ0) is 8.15. The summed E-state index contributed by atoms with van der Waals surface area (Å²) in [6.07, 6.45) is 1.72. The van der Waals surface area contributed by atoms with Gasteiger partial charge in [0.1, 0.15) is 0 Å². The highest BCUT2D eigenvalue weighted by Gasteiger charge is 1.99. The summed E-state index contributed by atoms with van der Waals surface area (Å²) < 4.78 is 0. The Kier molecular flexibility index (Phi) is 3.54. The second kappa shape index (κ2) is 3.93. The summed E-state index contributed by atoms with van der Waals surface area (Å²) in [5, 5.41) is 8.89. The quantitative estimate of drug-likeness (QED) is 0.461. The number of hydrogen-bond acceptors (Lipinski definition) is 2. The maximum Gasteiger partial charge on any atom is 0.249 e. The van der Waals surface area contributed by atoms with Crippen molar-refractivity contribution in [2.75, 3.05) is 14.1 Å². The standard InChI is InChI=1S/C7H13NO2/c1-4-6(9)5-7(10)8(2)3/h5,9H,4H2,1-3H3/b6-5-. The molecule has 3 heteroatoms. The molecule has 58 valence electrons. The molecule has 0 bridgehead atoms. The third-order valence-electron chi connectivity index (χ3n) is 1.09. The SMILES string of the molecule is CC/C(O)=C/C(=O)N(C)C. The Bertz CT molecular complexity index is 150. The van der Waals surface area contributed by atoms with Gasteiger partial charge in [-0.1, -0.05) is 6.92 Å². The number of carbonyl (C=O) groups is 1. The molecule has 10 heavy (non-hydrogen) atoms. The van der Waals surface area contributed by atoms with Gasteiger partial charge in [-0.05, 0) is 0 Å². The first-order valence-corrected chi connectivity index (χ1v) is 3.18. The molecule has 0 aromatic heterocycles. The van der Waals surface area contributed by atoms with Crippen molar-refractivity contribution in [2.45, 2.75) is 13.3 Å². The van der Waals surface area contributed by atoms with E-state index in [1.54, 1.807) is 21.0 Å². The lowest BCUT2D eigenvalue weighted by molar-refractivity contribution is -0.123. The molecule has 0 heterocycles. The molecule has 0 aromatic rings. The Labute approximate surface area is 61.0 Å². The lowest BCUT2D eigenvalue weighted by Gasteiger charge is -2.05. The van der Waals surface area contributed by atoms with Crippen LogP contribution in [0.4, 0.5) is 0 Å². The Hall–Kier alpha value is -0.990. The van der Waals surface area contributed by atoms with Gasteiger partial charge in [0.15, 0.2) is 0 Å². The Balaban J connectivity index is 4.00. The van der Waals surface area contributed by atoms with Gasteiger partial charge < -0.3 is 10.0 Å². The number of carbonyl (C=O) groups excluding carboxylic acids is 1. The first-order chi connectivity index (χ1) is 4.57. The first kappa shape index (κ1) is 9.01. The van der Waals surface area contributed by atoms with Crippen LogP contribution in [0, 0.1) is 0 Å². The van der Waals surface area contributed by atoms with Crippen LogP contribution in [0.25, 0.3) is 0 Å². The van der Waals surface area contributed by atoms with E-state index in [2.05, 4.69) is 0 Å². The van der Waals surface area contributed by atoms with Crippen molar-refractivity contribution in [1.29, 1.82) is 0 Å². The number of allylic oxidation sites excluding steroid dienone is 1. The lowest BCUT2D eigenvalue weighted by Crippen LogP contribution is -2.19. The van der Waals surface area contributed by atoms with E-state index in [9.17, 15) is 4.79 Å².